The molecule has 21 heavy (non-hydrogen) atoms. The Balaban J connectivity index is 2.02. The van der Waals surface area contributed by atoms with Gasteiger partial charge in [-0.15, -0.1) is 0 Å². The average Bonchev–Trinajstić information content (AvgIpc) is 2.81. The highest BCUT2D eigenvalue weighted by Gasteiger charge is 2.17. The van der Waals surface area contributed by atoms with Gasteiger partial charge in [-0.3, -0.25) is 4.79 Å². The van der Waals surface area contributed by atoms with Crippen LogP contribution in [0.1, 0.15) is 15.9 Å². The van der Waals surface area contributed by atoms with Crippen LogP contribution in [0.4, 0.5) is 10.8 Å². The van der Waals surface area contributed by atoms with Crippen molar-refractivity contribution < 1.29 is 4.79 Å². The normalized spacial score (nSPS) is 10.4. The predicted octanol–water partition coefficient (Wildman–Crippen LogP) is 3.05. The van der Waals surface area contributed by atoms with Crippen molar-refractivity contribution in [1.82, 2.24) is 9.69 Å². The minimum atomic E-state index is -0.256. The summed E-state index contributed by atoms with van der Waals surface area (Å²) in [6.07, 6.45) is 0.695. The van der Waals surface area contributed by atoms with Crippen molar-refractivity contribution in [2.45, 2.75) is 6.42 Å². The van der Waals surface area contributed by atoms with Gasteiger partial charge in [0.2, 0.25) is 0 Å². The molecule has 0 fully saturated rings. The third-order valence-corrected chi connectivity index (χ3v) is 4.27. The number of nitrogens with two attached hydrogens (primary N) is 1. The monoisotopic (exact) mass is 344 g/mol. The Morgan fingerprint density at radius 2 is 2.19 bits per heavy atom. The Bertz CT molecular complexity index is 660. The van der Waals surface area contributed by atoms with Gasteiger partial charge in [0.15, 0.2) is 5.82 Å². The molecule has 1 amide bonds. The van der Waals surface area contributed by atoms with Crippen molar-refractivity contribution >= 4 is 51.5 Å². The molecule has 2 rings (SSSR count). The third-order valence-electron chi connectivity index (χ3n) is 2.87. The van der Waals surface area contributed by atoms with Crippen LogP contribution in [0.5, 0.6) is 0 Å². The van der Waals surface area contributed by atoms with E-state index in [0.717, 1.165) is 17.1 Å². The zero-order valence-electron chi connectivity index (χ0n) is 11.2. The van der Waals surface area contributed by atoms with E-state index in [1.807, 2.05) is 6.07 Å². The molecule has 4 N–H and O–H groups in total. The number of aromatic nitrogens is 1. The summed E-state index contributed by atoms with van der Waals surface area (Å²) < 4.78 is 3.99. The van der Waals surface area contributed by atoms with E-state index in [0.29, 0.717) is 33.6 Å². The fraction of sp³-hybridized carbons (Fsp3) is 0.231. The fourth-order valence-corrected chi connectivity index (χ4v) is 3.04. The Labute approximate surface area is 136 Å². The van der Waals surface area contributed by atoms with Crippen molar-refractivity contribution in [3.05, 3.63) is 39.4 Å². The molecular weight excluding hydrogens is 331 g/mol. The van der Waals surface area contributed by atoms with Crippen molar-refractivity contribution in [2.75, 3.05) is 24.6 Å². The minimum Gasteiger partial charge on any atom is -0.382 e. The fourth-order valence-electron chi connectivity index (χ4n) is 1.80. The van der Waals surface area contributed by atoms with Crippen LogP contribution in [0.25, 0.3) is 0 Å². The number of hydrogen-bond donors (Lipinski definition) is 3. The number of amides is 1. The molecule has 1 heterocycles. The molecule has 0 aliphatic rings. The molecule has 0 spiro atoms. The molecule has 5 nitrogen and oxygen atoms in total. The molecular formula is C13H14Cl2N4OS. The Hall–Kier alpha value is -1.50. The Kier molecular flexibility index (Phi) is 5.27. The predicted molar refractivity (Wildman–Crippen MR) is 88.6 cm³/mol. The van der Waals surface area contributed by atoms with Gasteiger partial charge >= 0.3 is 0 Å². The van der Waals surface area contributed by atoms with Crippen LogP contribution in [0.15, 0.2) is 18.2 Å². The first-order chi connectivity index (χ1) is 10.0. The number of carbonyl (C=O) groups is 1. The highest BCUT2D eigenvalue weighted by atomic mass is 35.5. The van der Waals surface area contributed by atoms with E-state index < -0.39 is 0 Å². The smallest absolute Gasteiger partial charge is 0.257 e. The number of nitrogens with one attached hydrogen (secondary N) is 2. The standard InChI is InChI=1S/C13H14Cl2N4OS/c1-17-12(20)10-11(16)19-21-13(10)18-5-4-7-2-3-8(14)6-9(7)15/h2-3,6,18H,4-5H2,1H3,(H2,16,19)(H,17,20). The van der Waals surface area contributed by atoms with E-state index in [1.54, 1.807) is 19.2 Å². The van der Waals surface area contributed by atoms with Crippen LogP contribution in [-0.4, -0.2) is 23.9 Å². The number of nitrogens with zero attached hydrogens (tertiary/aromatic N) is 1. The molecule has 1 aromatic heterocycles. The summed E-state index contributed by atoms with van der Waals surface area (Å²) >= 11 is 13.1. The Morgan fingerprint density at radius 3 is 2.86 bits per heavy atom. The molecule has 8 heteroatoms. The first kappa shape index (κ1) is 15.9. The van der Waals surface area contributed by atoms with E-state index >= 15 is 0 Å². The van der Waals surface area contributed by atoms with E-state index in [1.165, 1.54) is 0 Å². The maximum absolute atomic E-state index is 11.7. The van der Waals surface area contributed by atoms with Gasteiger partial charge in [0, 0.05) is 23.6 Å². The second-order valence-electron chi connectivity index (χ2n) is 4.26. The maximum atomic E-state index is 11.7. The van der Waals surface area contributed by atoms with Crippen LogP contribution < -0.4 is 16.4 Å². The van der Waals surface area contributed by atoms with Gasteiger partial charge in [-0.05, 0) is 35.6 Å². The lowest BCUT2D eigenvalue weighted by molar-refractivity contribution is 0.0965. The number of carbonyl (C=O) groups excluding carboxylic acids is 1. The van der Waals surface area contributed by atoms with Crippen molar-refractivity contribution in [3.63, 3.8) is 0 Å². The van der Waals surface area contributed by atoms with Crippen LogP contribution in [0, 0.1) is 0 Å². The van der Waals surface area contributed by atoms with Crippen LogP contribution >= 0.6 is 34.7 Å². The number of rotatable bonds is 5. The van der Waals surface area contributed by atoms with Gasteiger partial charge in [0.25, 0.3) is 5.91 Å². The number of hydrogen-bond acceptors (Lipinski definition) is 5. The van der Waals surface area contributed by atoms with Crippen molar-refractivity contribution in [1.29, 1.82) is 0 Å². The van der Waals surface area contributed by atoms with Gasteiger partial charge in [-0.1, -0.05) is 29.3 Å². The third kappa shape index (κ3) is 3.78. The second-order valence-corrected chi connectivity index (χ2v) is 5.88. The van der Waals surface area contributed by atoms with Crippen molar-refractivity contribution in [2.24, 2.45) is 0 Å². The highest BCUT2D eigenvalue weighted by Crippen LogP contribution is 2.27. The summed E-state index contributed by atoms with van der Waals surface area (Å²) in [6, 6.07) is 5.38. The molecule has 0 aliphatic carbocycles. The SMILES string of the molecule is CNC(=O)c1c(N)nsc1NCCc1ccc(Cl)cc1Cl. The van der Waals surface area contributed by atoms with E-state index in [4.69, 9.17) is 28.9 Å². The molecule has 0 saturated heterocycles. The van der Waals surface area contributed by atoms with E-state index in [2.05, 4.69) is 15.0 Å². The van der Waals surface area contributed by atoms with Gasteiger partial charge in [0.1, 0.15) is 10.6 Å². The molecule has 0 atom stereocenters. The largest absolute Gasteiger partial charge is 0.382 e. The zero-order valence-corrected chi connectivity index (χ0v) is 13.6. The molecule has 1 aromatic carbocycles. The second kappa shape index (κ2) is 6.98. The maximum Gasteiger partial charge on any atom is 0.257 e. The summed E-state index contributed by atoms with van der Waals surface area (Å²) in [5.74, 6) is -0.0281. The number of anilines is 2. The zero-order chi connectivity index (χ0) is 15.4. The molecule has 2 aromatic rings. The molecule has 0 aliphatic heterocycles. The average molecular weight is 345 g/mol. The van der Waals surface area contributed by atoms with Crippen LogP contribution in [-0.2, 0) is 6.42 Å². The topological polar surface area (TPSA) is 80.0 Å². The lowest BCUT2D eigenvalue weighted by Crippen LogP contribution is -2.20. The quantitative estimate of drug-likeness (QED) is 0.778. The summed E-state index contributed by atoms with van der Waals surface area (Å²) in [6.45, 7) is 0.604. The number of benzene rings is 1. The first-order valence-corrected chi connectivity index (χ1v) is 7.71. The highest BCUT2D eigenvalue weighted by molar-refractivity contribution is 7.11. The van der Waals surface area contributed by atoms with Crippen molar-refractivity contribution in [3.8, 4) is 0 Å². The summed E-state index contributed by atoms with van der Waals surface area (Å²) in [5, 5.41) is 7.59. The minimum absolute atomic E-state index is 0.228. The molecule has 0 saturated carbocycles. The summed E-state index contributed by atoms with van der Waals surface area (Å²) in [7, 11) is 1.55. The lowest BCUT2D eigenvalue weighted by Gasteiger charge is -2.08. The first-order valence-electron chi connectivity index (χ1n) is 6.18. The van der Waals surface area contributed by atoms with Gasteiger partial charge < -0.3 is 16.4 Å². The van der Waals surface area contributed by atoms with E-state index in [9.17, 15) is 4.79 Å². The summed E-state index contributed by atoms with van der Waals surface area (Å²) in [5.41, 5.74) is 7.06. The number of nitrogen functional groups attached to an aromatic ring is 1. The lowest BCUT2D eigenvalue weighted by atomic mass is 10.1. The van der Waals surface area contributed by atoms with E-state index in [-0.39, 0.29) is 11.7 Å². The van der Waals surface area contributed by atoms with Crippen LogP contribution in [0.3, 0.4) is 0 Å². The molecule has 112 valence electrons. The van der Waals surface area contributed by atoms with Gasteiger partial charge in [-0.2, -0.15) is 4.37 Å². The molecule has 0 bridgehead atoms. The Morgan fingerprint density at radius 1 is 1.43 bits per heavy atom. The van der Waals surface area contributed by atoms with Gasteiger partial charge in [0.05, 0.1) is 0 Å². The molecule has 0 radical (unpaired) electrons. The van der Waals surface area contributed by atoms with Crippen LogP contribution in [0.2, 0.25) is 10.0 Å². The molecule has 0 unspecified atom stereocenters. The number of halogens is 2. The van der Waals surface area contributed by atoms with Gasteiger partial charge in [-0.25, -0.2) is 0 Å². The summed E-state index contributed by atoms with van der Waals surface area (Å²) in [4.78, 5) is 11.7.